The van der Waals surface area contributed by atoms with E-state index in [1.165, 1.54) is 24.0 Å². The number of piperazine rings is 1. The minimum absolute atomic E-state index is 0.0107. The number of rotatable bonds is 5. The molecule has 1 aromatic rings. The van der Waals surface area contributed by atoms with Crippen LogP contribution in [0.1, 0.15) is 82.9 Å². The van der Waals surface area contributed by atoms with E-state index in [1.54, 1.807) is 0 Å². The van der Waals surface area contributed by atoms with Gasteiger partial charge in [0.25, 0.3) is 0 Å². The first-order valence-electron chi connectivity index (χ1n) is 12.7. The lowest BCUT2D eigenvalue weighted by molar-refractivity contribution is -0.137. The number of benzene rings is 1. The Morgan fingerprint density at radius 1 is 1.00 bits per heavy atom. The summed E-state index contributed by atoms with van der Waals surface area (Å²) in [6.45, 7) is 9.41. The first kappa shape index (κ1) is 23.3. The highest BCUT2D eigenvalue weighted by Gasteiger charge is 2.38. The van der Waals surface area contributed by atoms with Crippen molar-refractivity contribution in [3.63, 3.8) is 0 Å². The van der Waals surface area contributed by atoms with Crippen molar-refractivity contribution in [2.45, 2.75) is 84.2 Å². The predicted molar refractivity (Wildman–Crippen MR) is 128 cm³/mol. The van der Waals surface area contributed by atoms with Gasteiger partial charge in [0, 0.05) is 32.6 Å². The van der Waals surface area contributed by atoms with E-state index in [-0.39, 0.29) is 29.3 Å². The Morgan fingerprint density at radius 3 is 2.38 bits per heavy atom. The van der Waals surface area contributed by atoms with Crippen LogP contribution in [0.2, 0.25) is 0 Å². The summed E-state index contributed by atoms with van der Waals surface area (Å²) in [6.07, 6.45) is 8.58. The summed E-state index contributed by atoms with van der Waals surface area (Å²) in [4.78, 5) is 30.7. The van der Waals surface area contributed by atoms with Gasteiger partial charge in [-0.3, -0.25) is 14.5 Å². The molecule has 1 heterocycles. The van der Waals surface area contributed by atoms with Crippen molar-refractivity contribution in [2.24, 2.45) is 11.3 Å². The number of amides is 2. The van der Waals surface area contributed by atoms with Crippen LogP contribution in [0.4, 0.5) is 0 Å². The zero-order valence-electron chi connectivity index (χ0n) is 20.2. The summed E-state index contributed by atoms with van der Waals surface area (Å²) in [6, 6.07) is 8.65. The van der Waals surface area contributed by atoms with Crippen molar-refractivity contribution < 1.29 is 9.59 Å². The van der Waals surface area contributed by atoms with Gasteiger partial charge in [-0.2, -0.15) is 0 Å². The molecular formula is C27H41N3O2. The third-order valence-corrected chi connectivity index (χ3v) is 7.54. The summed E-state index contributed by atoms with van der Waals surface area (Å²) in [7, 11) is 0. The molecule has 4 rings (SSSR count). The van der Waals surface area contributed by atoms with Crippen molar-refractivity contribution in [2.75, 3.05) is 26.2 Å². The van der Waals surface area contributed by atoms with E-state index in [2.05, 4.69) is 55.3 Å². The lowest BCUT2D eigenvalue weighted by Gasteiger charge is -2.42. The molecule has 1 saturated carbocycles. The number of carbonyl (C=O) groups is 2. The first-order chi connectivity index (χ1) is 15.3. The van der Waals surface area contributed by atoms with Gasteiger partial charge in [-0.25, -0.2) is 0 Å². The van der Waals surface area contributed by atoms with Gasteiger partial charge in [0.2, 0.25) is 11.8 Å². The largest absolute Gasteiger partial charge is 0.348 e. The molecule has 1 saturated heterocycles. The molecule has 2 amide bonds. The van der Waals surface area contributed by atoms with Crippen molar-refractivity contribution in [1.82, 2.24) is 15.1 Å². The van der Waals surface area contributed by atoms with E-state index >= 15 is 0 Å². The molecule has 1 aliphatic heterocycles. The molecule has 0 spiro atoms. The maximum absolute atomic E-state index is 13.7. The fraction of sp³-hybridized carbons (Fsp3) is 0.704. The standard InChI is InChI=1S/C27H41N3O2/c1-27(2,3)19-24(31)29-15-17-30(18-16-29)25(21-10-4-5-11-21)26(32)28-23-14-8-12-20-9-6-7-13-22(20)23/h6-7,9,13,21,23,25H,4-5,8,10-12,14-19H2,1-3H3,(H,28,32). The number of hydrogen-bond donors (Lipinski definition) is 1. The van der Waals surface area contributed by atoms with Crippen LogP contribution in [0, 0.1) is 11.3 Å². The van der Waals surface area contributed by atoms with Crippen molar-refractivity contribution in [3.05, 3.63) is 35.4 Å². The fourth-order valence-electron chi connectivity index (χ4n) is 5.93. The van der Waals surface area contributed by atoms with Gasteiger partial charge in [-0.1, -0.05) is 57.9 Å². The molecule has 176 valence electrons. The van der Waals surface area contributed by atoms with Crippen molar-refractivity contribution >= 4 is 11.8 Å². The van der Waals surface area contributed by atoms with Gasteiger partial charge in [0.1, 0.15) is 0 Å². The van der Waals surface area contributed by atoms with Crippen LogP contribution < -0.4 is 5.32 Å². The molecule has 1 N–H and O–H groups in total. The van der Waals surface area contributed by atoms with Crippen LogP contribution in [-0.4, -0.2) is 53.8 Å². The number of fused-ring (bicyclic) bond motifs is 1. The monoisotopic (exact) mass is 439 g/mol. The van der Waals surface area contributed by atoms with Gasteiger partial charge >= 0.3 is 0 Å². The Balaban J connectivity index is 1.42. The Hall–Kier alpha value is -1.88. The summed E-state index contributed by atoms with van der Waals surface area (Å²) >= 11 is 0. The molecule has 0 bridgehead atoms. The number of carbonyl (C=O) groups excluding carboxylic acids is 2. The van der Waals surface area contributed by atoms with Crippen LogP contribution in [-0.2, 0) is 16.0 Å². The first-order valence-corrected chi connectivity index (χ1v) is 12.7. The van der Waals surface area contributed by atoms with E-state index < -0.39 is 0 Å². The Morgan fingerprint density at radius 2 is 1.69 bits per heavy atom. The summed E-state index contributed by atoms with van der Waals surface area (Å²) < 4.78 is 0. The molecule has 2 fully saturated rings. The van der Waals surface area contributed by atoms with Crippen molar-refractivity contribution in [1.29, 1.82) is 0 Å². The van der Waals surface area contributed by atoms with Crippen LogP contribution in [0.15, 0.2) is 24.3 Å². The Bertz CT molecular complexity index is 801. The van der Waals surface area contributed by atoms with Crippen LogP contribution in [0.25, 0.3) is 0 Å². The van der Waals surface area contributed by atoms with E-state index in [9.17, 15) is 9.59 Å². The number of hydrogen-bond acceptors (Lipinski definition) is 3. The van der Waals surface area contributed by atoms with E-state index in [1.807, 2.05) is 4.90 Å². The third-order valence-electron chi connectivity index (χ3n) is 7.54. The summed E-state index contributed by atoms with van der Waals surface area (Å²) in [5, 5.41) is 3.45. The molecule has 2 unspecified atom stereocenters. The third kappa shape index (κ3) is 5.54. The molecule has 0 aromatic heterocycles. The minimum Gasteiger partial charge on any atom is -0.348 e. The van der Waals surface area contributed by atoms with Gasteiger partial charge in [-0.05, 0) is 54.6 Å². The van der Waals surface area contributed by atoms with E-state index in [0.717, 1.165) is 58.3 Å². The molecule has 2 aliphatic carbocycles. The molecule has 32 heavy (non-hydrogen) atoms. The van der Waals surface area contributed by atoms with Crippen molar-refractivity contribution in [3.8, 4) is 0 Å². The second-order valence-electron chi connectivity index (χ2n) is 11.3. The van der Waals surface area contributed by atoms with E-state index in [4.69, 9.17) is 0 Å². The van der Waals surface area contributed by atoms with Gasteiger partial charge < -0.3 is 10.2 Å². The molecule has 3 aliphatic rings. The van der Waals surface area contributed by atoms with Gasteiger partial charge in [-0.15, -0.1) is 0 Å². The number of nitrogens with one attached hydrogen (secondary N) is 1. The van der Waals surface area contributed by atoms with Crippen LogP contribution in [0.3, 0.4) is 0 Å². The van der Waals surface area contributed by atoms with Crippen LogP contribution in [0.5, 0.6) is 0 Å². The quantitative estimate of drug-likeness (QED) is 0.743. The second kappa shape index (κ2) is 9.94. The second-order valence-corrected chi connectivity index (χ2v) is 11.3. The summed E-state index contributed by atoms with van der Waals surface area (Å²) in [5.41, 5.74) is 2.69. The zero-order chi connectivity index (χ0) is 22.7. The highest BCUT2D eigenvalue weighted by atomic mass is 16.2. The lowest BCUT2D eigenvalue weighted by atomic mass is 9.87. The molecule has 5 nitrogen and oxygen atoms in total. The van der Waals surface area contributed by atoms with Gasteiger partial charge in [0.15, 0.2) is 0 Å². The summed E-state index contributed by atoms with van der Waals surface area (Å²) in [5.74, 6) is 0.886. The normalized spacial score (nSPS) is 23.6. The van der Waals surface area contributed by atoms with Crippen LogP contribution >= 0.6 is 0 Å². The van der Waals surface area contributed by atoms with E-state index in [0.29, 0.717) is 12.3 Å². The molecule has 0 radical (unpaired) electrons. The highest BCUT2D eigenvalue weighted by Crippen LogP contribution is 2.33. The highest BCUT2D eigenvalue weighted by molar-refractivity contribution is 5.83. The predicted octanol–water partition coefficient (Wildman–Crippen LogP) is 4.32. The average molecular weight is 440 g/mol. The van der Waals surface area contributed by atoms with Gasteiger partial charge in [0.05, 0.1) is 12.1 Å². The molecular weight excluding hydrogens is 398 g/mol. The SMILES string of the molecule is CC(C)(C)CC(=O)N1CCN(C(C(=O)NC2CCCc3ccccc32)C2CCCC2)CC1. The number of aryl methyl sites for hydroxylation is 1. The Kier molecular flexibility index (Phi) is 7.24. The fourth-order valence-corrected chi connectivity index (χ4v) is 5.93. The zero-order valence-corrected chi connectivity index (χ0v) is 20.2. The maximum Gasteiger partial charge on any atom is 0.238 e. The molecule has 2 atom stereocenters. The topological polar surface area (TPSA) is 52.7 Å². The molecule has 1 aromatic carbocycles. The molecule has 5 heteroatoms. The lowest BCUT2D eigenvalue weighted by Crippen LogP contribution is -2.58. The minimum atomic E-state index is -0.0635. The maximum atomic E-state index is 13.7. The average Bonchev–Trinajstić information content (AvgIpc) is 3.28. The number of nitrogens with zero attached hydrogens (tertiary/aromatic N) is 2. The Labute approximate surface area is 193 Å². The smallest absolute Gasteiger partial charge is 0.238 e.